The number of anilines is 1. The number of methoxy groups -OCH3 is 2. The van der Waals surface area contributed by atoms with E-state index in [1.165, 1.54) is 38.1 Å². The van der Waals surface area contributed by atoms with E-state index in [-0.39, 0.29) is 35.7 Å². The smallest absolute Gasteiger partial charge is 0.243 e. The monoisotopic (exact) mass is 589 g/mol. The van der Waals surface area contributed by atoms with Gasteiger partial charge in [0.15, 0.2) is 11.6 Å². The zero-order valence-corrected chi connectivity index (χ0v) is 24.7. The van der Waals surface area contributed by atoms with Crippen LogP contribution in [0.4, 0.5) is 5.95 Å². The van der Waals surface area contributed by atoms with Crippen molar-refractivity contribution in [1.82, 2.24) is 29.7 Å². The van der Waals surface area contributed by atoms with Gasteiger partial charge in [0.25, 0.3) is 0 Å². The number of ether oxygens (including phenoxy) is 3. The van der Waals surface area contributed by atoms with E-state index < -0.39 is 21.4 Å². The number of rotatable bonds is 13. The highest BCUT2D eigenvalue weighted by Gasteiger charge is 2.35. The van der Waals surface area contributed by atoms with Crippen LogP contribution in [0.2, 0.25) is 5.02 Å². The van der Waals surface area contributed by atoms with Gasteiger partial charge in [0.2, 0.25) is 16.0 Å². The molecule has 3 aromatic rings. The third-order valence-electron chi connectivity index (χ3n) is 5.69. The maximum absolute atomic E-state index is 13.8. The molecule has 1 N–H and O–H groups in total. The number of aryl methyl sites for hydroxylation is 1. The molecule has 0 aliphatic carbocycles. The molecule has 12 nitrogen and oxygen atoms in total. The lowest BCUT2D eigenvalue weighted by Gasteiger charge is -2.24. The van der Waals surface area contributed by atoms with Crippen molar-refractivity contribution in [2.24, 2.45) is 0 Å². The maximum Gasteiger partial charge on any atom is 0.243 e. The van der Waals surface area contributed by atoms with Crippen molar-refractivity contribution in [2.45, 2.75) is 39.0 Å². The quantitative estimate of drug-likeness (QED) is 0.223. The summed E-state index contributed by atoms with van der Waals surface area (Å²) in [5.74, 6) is 0.803. The van der Waals surface area contributed by atoms with Crippen LogP contribution in [0.15, 0.2) is 61.1 Å². The highest BCUT2D eigenvalue weighted by molar-refractivity contribution is 7.93. The van der Waals surface area contributed by atoms with Gasteiger partial charge in [-0.1, -0.05) is 24.3 Å². The van der Waals surface area contributed by atoms with Gasteiger partial charge in [-0.3, -0.25) is 14.3 Å². The molecule has 0 unspecified atom stereocenters. The second kappa shape index (κ2) is 13.5. The normalized spacial score (nSPS) is 14.0. The highest BCUT2D eigenvalue weighted by Crippen LogP contribution is 2.33. The summed E-state index contributed by atoms with van der Waals surface area (Å²) < 4.78 is 48.4. The summed E-state index contributed by atoms with van der Waals surface area (Å²) in [6, 6.07) is 1.84. The summed E-state index contributed by atoms with van der Waals surface area (Å²) in [6.45, 7) is 11.1. The molecular weight excluding hydrogens is 558 g/mol. The Morgan fingerprint density at radius 3 is 2.45 bits per heavy atom. The van der Waals surface area contributed by atoms with Crippen LogP contribution < -0.4 is 4.72 Å². The minimum Gasteiger partial charge on any atom is -0.495 e. The van der Waals surface area contributed by atoms with E-state index in [4.69, 9.17) is 25.8 Å². The van der Waals surface area contributed by atoms with E-state index in [0.29, 0.717) is 16.3 Å². The van der Waals surface area contributed by atoms with Gasteiger partial charge in [-0.15, -0.1) is 10.2 Å². The van der Waals surface area contributed by atoms with Crippen molar-refractivity contribution in [2.75, 3.05) is 25.5 Å². The van der Waals surface area contributed by atoms with E-state index in [1.807, 2.05) is 19.9 Å². The Hall–Kier alpha value is -3.81. The lowest BCUT2D eigenvalue weighted by atomic mass is 10.2. The van der Waals surface area contributed by atoms with Crippen LogP contribution in [0.25, 0.3) is 17.1 Å². The molecule has 3 aromatic heterocycles. The molecule has 14 heteroatoms. The summed E-state index contributed by atoms with van der Waals surface area (Å²) in [7, 11) is -1.27. The molecule has 40 heavy (non-hydrogen) atoms. The molecule has 0 saturated carbocycles. The molecule has 0 amide bonds. The van der Waals surface area contributed by atoms with Crippen molar-refractivity contribution in [3.8, 4) is 11.4 Å². The third-order valence-corrected chi connectivity index (χ3v) is 7.58. The van der Waals surface area contributed by atoms with Gasteiger partial charge in [-0.05, 0) is 45.4 Å². The number of sulfonamides is 1. The molecule has 0 spiro atoms. The molecule has 3 heterocycles. The molecule has 0 fully saturated rings. The SMILES string of the molecule is C=C(OC)/C(=C(\C=C/C)OC)n1c(NS(=O)(=O)[C@H](C)[C@H](OCC)c2ncc(Cl)cn2)nnc1-c1cncc(C)c1. The van der Waals surface area contributed by atoms with Crippen molar-refractivity contribution in [3.05, 3.63) is 77.5 Å². The van der Waals surface area contributed by atoms with E-state index >= 15 is 0 Å². The maximum atomic E-state index is 13.8. The second-order valence-corrected chi connectivity index (χ2v) is 10.9. The number of nitrogens with zero attached hydrogens (tertiary/aromatic N) is 6. The fourth-order valence-corrected chi connectivity index (χ4v) is 4.94. The number of hydrogen-bond acceptors (Lipinski definition) is 10. The van der Waals surface area contributed by atoms with Gasteiger partial charge >= 0.3 is 0 Å². The molecule has 214 valence electrons. The number of allylic oxidation sites excluding steroid dienone is 3. The fraction of sp³-hybridized carbons (Fsp3) is 0.346. The minimum absolute atomic E-state index is 0.136. The summed E-state index contributed by atoms with van der Waals surface area (Å²) in [5, 5.41) is 7.65. The molecule has 0 aliphatic rings. The van der Waals surface area contributed by atoms with E-state index in [0.717, 1.165) is 5.56 Å². The first-order chi connectivity index (χ1) is 19.1. The topological polar surface area (TPSA) is 143 Å². The zero-order chi connectivity index (χ0) is 29.4. The first kappa shape index (κ1) is 30.7. The highest BCUT2D eigenvalue weighted by atomic mass is 35.5. The Bertz CT molecular complexity index is 1500. The summed E-state index contributed by atoms with van der Waals surface area (Å²) in [6.07, 6.45) is 8.47. The summed E-state index contributed by atoms with van der Waals surface area (Å²) in [5.41, 5.74) is 1.71. The van der Waals surface area contributed by atoms with Gasteiger partial charge in [0.1, 0.15) is 28.6 Å². The van der Waals surface area contributed by atoms with Crippen LogP contribution in [0.5, 0.6) is 0 Å². The first-order valence-electron chi connectivity index (χ1n) is 12.2. The Labute approximate surface area is 238 Å². The summed E-state index contributed by atoms with van der Waals surface area (Å²) in [4.78, 5) is 12.6. The number of hydrogen-bond donors (Lipinski definition) is 1. The predicted octanol–water partition coefficient (Wildman–Crippen LogP) is 4.55. The van der Waals surface area contributed by atoms with Crippen LogP contribution >= 0.6 is 11.6 Å². The number of aromatic nitrogens is 6. The molecular formula is C26H32ClN7O5S. The Morgan fingerprint density at radius 2 is 1.88 bits per heavy atom. The number of nitrogens with one attached hydrogen (secondary N) is 1. The molecule has 0 bridgehead atoms. The number of pyridine rings is 1. The van der Waals surface area contributed by atoms with Crippen molar-refractivity contribution >= 4 is 33.3 Å². The van der Waals surface area contributed by atoms with Crippen molar-refractivity contribution in [3.63, 3.8) is 0 Å². The average Bonchev–Trinajstić information content (AvgIpc) is 3.33. The summed E-state index contributed by atoms with van der Waals surface area (Å²) >= 11 is 5.92. The number of halogens is 1. The third kappa shape index (κ3) is 6.84. The van der Waals surface area contributed by atoms with Gasteiger partial charge in [0, 0.05) is 37.0 Å². The Balaban J connectivity index is 2.21. The molecule has 0 aliphatic heterocycles. The van der Waals surface area contributed by atoms with Crippen LogP contribution in [-0.4, -0.2) is 64.2 Å². The minimum atomic E-state index is -4.18. The van der Waals surface area contributed by atoms with Gasteiger partial charge in [0.05, 0.1) is 19.2 Å². The Kier molecular flexibility index (Phi) is 10.4. The van der Waals surface area contributed by atoms with E-state index in [2.05, 4.69) is 36.5 Å². The average molecular weight is 590 g/mol. The second-order valence-electron chi connectivity index (χ2n) is 8.47. The molecule has 2 atom stereocenters. The van der Waals surface area contributed by atoms with Crippen LogP contribution in [0, 0.1) is 6.92 Å². The molecule has 3 rings (SSSR count). The standard InChI is InChI=1S/C26H32ClN7O5S/c1-8-10-21(38-7)22(17(4)37-6)34-25(19-11-16(3)12-28-13-19)31-32-26(34)33-40(35,36)18(5)23(39-9-2)24-29-14-20(27)15-30-24/h8,10-15,18,23H,4,9H2,1-3,5-7H3,(H,32,33)/b10-8-,22-21-/t18-,23+/m1/s1. The first-order valence-corrected chi connectivity index (χ1v) is 14.1. The Morgan fingerprint density at radius 1 is 1.18 bits per heavy atom. The van der Waals surface area contributed by atoms with Gasteiger partial charge < -0.3 is 14.2 Å². The molecule has 0 radical (unpaired) electrons. The van der Waals surface area contributed by atoms with Crippen LogP contribution in [0.1, 0.15) is 38.3 Å². The van der Waals surface area contributed by atoms with Crippen molar-refractivity contribution < 1.29 is 22.6 Å². The van der Waals surface area contributed by atoms with Gasteiger partial charge in [-0.2, -0.15) is 0 Å². The van der Waals surface area contributed by atoms with E-state index in [1.54, 1.807) is 31.5 Å². The van der Waals surface area contributed by atoms with Crippen molar-refractivity contribution in [1.29, 1.82) is 0 Å². The predicted molar refractivity (Wildman–Crippen MR) is 153 cm³/mol. The largest absolute Gasteiger partial charge is 0.495 e. The lowest BCUT2D eigenvalue weighted by molar-refractivity contribution is 0.0558. The van der Waals surface area contributed by atoms with E-state index in [9.17, 15) is 8.42 Å². The van der Waals surface area contributed by atoms with Crippen LogP contribution in [0.3, 0.4) is 0 Å². The fourth-order valence-electron chi connectivity index (χ4n) is 3.74. The lowest BCUT2D eigenvalue weighted by Crippen LogP contribution is -2.34. The van der Waals surface area contributed by atoms with Gasteiger partial charge in [-0.25, -0.2) is 18.4 Å². The molecule has 0 saturated heterocycles. The zero-order valence-electron chi connectivity index (χ0n) is 23.1. The van der Waals surface area contributed by atoms with Crippen LogP contribution in [-0.2, 0) is 24.2 Å². The molecule has 0 aromatic carbocycles.